The zero-order chi connectivity index (χ0) is 13.1. The number of rotatable bonds is 4. The van der Waals surface area contributed by atoms with Gasteiger partial charge in [-0.2, -0.15) is 0 Å². The normalized spacial score (nSPS) is 24.7. The van der Waals surface area contributed by atoms with Gasteiger partial charge in [0.15, 0.2) is 5.11 Å². The summed E-state index contributed by atoms with van der Waals surface area (Å²) in [6.45, 7) is 4.20. The molecule has 19 heavy (non-hydrogen) atoms. The Balaban J connectivity index is 1.55. The van der Waals surface area contributed by atoms with Gasteiger partial charge in [0.25, 0.3) is 0 Å². The average Bonchev–Trinajstić information content (AvgIpc) is 3.07. The molecule has 5 nitrogen and oxygen atoms in total. The van der Waals surface area contributed by atoms with Crippen LogP contribution in [0.25, 0.3) is 0 Å². The third kappa shape index (κ3) is 3.26. The third-order valence-electron chi connectivity index (χ3n) is 3.52. The maximum Gasteiger partial charge on any atom is 0.171 e. The number of nitrogens with one attached hydrogen (secondary N) is 1. The van der Waals surface area contributed by atoms with Crippen molar-refractivity contribution in [3.8, 4) is 0 Å². The van der Waals surface area contributed by atoms with Gasteiger partial charge in [-0.05, 0) is 37.2 Å². The molecule has 104 valence electrons. The topological polar surface area (TPSA) is 40.9 Å². The number of hydrogen-bond acceptors (Lipinski definition) is 4. The van der Waals surface area contributed by atoms with Gasteiger partial charge in [0, 0.05) is 13.2 Å². The molecule has 1 aromatic heterocycles. The highest BCUT2D eigenvalue weighted by molar-refractivity contribution is 7.80. The van der Waals surface area contributed by atoms with Crippen molar-refractivity contribution in [1.29, 1.82) is 0 Å². The Morgan fingerprint density at radius 3 is 3.16 bits per heavy atom. The van der Waals surface area contributed by atoms with Crippen LogP contribution in [0.3, 0.4) is 0 Å². The molecule has 0 amide bonds. The number of hydrogen-bond donors (Lipinski definition) is 1. The first-order chi connectivity index (χ1) is 9.31. The summed E-state index contributed by atoms with van der Waals surface area (Å²) in [5.74, 6) is 0.933. The molecule has 0 saturated carbocycles. The van der Waals surface area contributed by atoms with Gasteiger partial charge < -0.3 is 19.4 Å². The lowest BCUT2D eigenvalue weighted by molar-refractivity contribution is 0.0482. The Bertz CT molecular complexity index is 418. The maximum atomic E-state index is 5.68. The molecule has 0 radical (unpaired) electrons. The number of thiocarbonyl (C=S) groups is 1. The third-order valence-corrected chi connectivity index (χ3v) is 3.93. The Morgan fingerprint density at radius 2 is 2.42 bits per heavy atom. The van der Waals surface area contributed by atoms with Crippen molar-refractivity contribution < 1.29 is 9.15 Å². The number of nitrogens with zero attached hydrogens (tertiary/aromatic N) is 2. The van der Waals surface area contributed by atoms with Crippen molar-refractivity contribution in [2.75, 3.05) is 26.5 Å². The summed E-state index contributed by atoms with van der Waals surface area (Å²) in [5.41, 5.74) is 0. The monoisotopic (exact) mass is 281 g/mol. The van der Waals surface area contributed by atoms with Crippen molar-refractivity contribution in [3.05, 3.63) is 24.2 Å². The van der Waals surface area contributed by atoms with Crippen molar-refractivity contribution in [2.45, 2.75) is 25.5 Å². The summed E-state index contributed by atoms with van der Waals surface area (Å²) in [6, 6.07) is 3.88. The molecule has 1 atom stereocenters. The van der Waals surface area contributed by atoms with Gasteiger partial charge in [0.2, 0.25) is 0 Å². The highest BCUT2D eigenvalue weighted by Gasteiger charge is 2.25. The summed E-state index contributed by atoms with van der Waals surface area (Å²) in [7, 11) is 0. The van der Waals surface area contributed by atoms with Gasteiger partial charge in [-0.25, -0.2) is 0 Å². The second-order valence-electron chi connectivity index (χ2n) is 5.05. The number of ether oxygens (including phenoxy) is 1. The van der Waals surface area contributed by atoms with E-state index in [2.05, 4.69) is 15.1 Å². The van der Waals surface area contributed by atoms with Gasteiger partial charge in [-0.3, -0.25) is 4.90 Å². The van der Waals surface area contributed by atoms with Crippen molar-refractivity contribution in [1.82, 2.24) is 15.1 Å². The maximum absolute atomic E-state index is 5.68. The summed E-state index contributed by atoms with van der Waals surface area (Å²) in [5, 5.41) is 4.05. The van der Waals surface area contributed by atoms with E-state index in [4.69, 9.17) is 21.4 Å². The van der Waals surface area contributed by atoms with Gasteiger partial charge >= 0.3 is 0 Å². The van der Waals surface area contributed by atoms with Gasteiger partial charge in [-0.1, -0.05) is 0 Å². The van der Waals surface area contributed by atoms with E-state index in [0.717, 1.165) is 37.4 Å². The zero-order valence-electron chi connectivity index (χ0n) is 10.9. The molecule has 0 spiro atoms. The van der Waals surface area contributed by atoms with Crippen LogP contribution in [0.1, 0.15) is 18.6 Å². The Labute approximate surface area is 118 Å². The van der Waals surface area contributed by atoms with E-state index in [1.165, 1.54) is 12.8 Å². The highest BCUT2D eigenvalue weighted by atomic mass is 32.1. The molecule has 2 aliphatic rings. The van der Waals surface area contributed by atoms with Crippen molar-refractivity contribution in [3.63, 3.8) is 0 Å². The van der Waals surface area contributed by atoms with Crippen LogP contribution >= 0.6 is 12.2 Å². The van der Waals surface area contributed by atoms with Crippen molar-refractivity contribution >= 4 is 17.3 Å². The lowest BCUT2D eigenvalue weighted by Crippen LogP contribution is -2.56. The molecule has 0 aromatic carbocycles. The summed E-state index contributed by atoms with van der Waals surface area (Å²) in [6.07, 6.45) is 4.42. The van der Waals surface area contributed by atoms with E-state index in [1.54, 1.807) is 6.26 Å². The van der Waals surface area contributed by atoms with Gasteiger partial charge in [-0.15, -0.1) is 0 Å². The van der Waals surface area contributed by atoms with Gasteiger partial charge in [0.1, 0.15) is 5.76 Å². The van der Waals surface area contributed by atoms with Crippen LogP contribution in [0, 0.1) is 0 Å². The molecule has 0 aliphatic carbocycles. The van der Waals surface area contributed by atoms with Crippen LogP contribution in [-0.4, -0.2) is 47.5 Å². The standard InChI is InChI=1S/C13H19N3O2S/c19-13-14-9-15(7-11-3-1-5-17-11)10-16(13)8-12-4-2-6-18-12/h2,4,6,11H,1,3,5,7-10H2,(H,14,19)/t11-/m0/s1. The Hall–Kier alpha value is -1.11. The molecule has 2 saturated heterocycles. The molecule has 1 aromatic rings. The minimum atomic E-state index is 0.374. The molecule has 2 aliphatic heterocycles. The largest absolute Gasteiger partial charge is 0.467 e. The molecule has 1 N–H and O–H groups in total. The lowest BCUT2D eigenvalue weighted by atomic mass is 10.2. The summed E-state index contributed by atoms with van der Waals surface area (Å²) < 4.78 is 11.1. The predicted octanol–water partition coefficient (Wildman–Crippen LogP) is 1.37. The first kappa shape index (κ1) is 12.9. The van der Waals surface area contributed by atoms with Crippen LogP contribution in [0.15, 0.2) is 22.8 Å². The molecule has 3 heterocycles. The minimum Gasteiger partial charge on any atom is -0.467 e. The van der Waals surface area contributed by atoms with E-state index >= 15 is 0 Å². The van der Waals surface area contributed by atoms with Crippen molar-refractivity contribution in [2.24, 2.45) is 0 Å². The van der Waals surface area contributed by atoms with E-state index in [9.17, 15) is 0 Å². The lowest BCUT2D eigenvalue weighted by Gasteiger charge is -2.38. The number of furan rings is 1. The molecule has 2 fully saturated rings. The molecular weight excluding hydrogens is 262 g/mol. The average molecular weight is 281 g/mol. The van der Waals surface area contributed by atoms with E-state index in [0.29, 0.717) is 12.6 Å². The van der Waals surface area contributed by atoms with Crippen LogP contribution in [0.2, 0.25) is 0 Å². The second kappa shape index (κ2) is 5.90. The fraction of sp³-hybridized carbons (Fsp3) is 0.615. The highest BCUT2D eigenvalue weighted by Crippen LogP contribution is 2.15. The van der Waals surface area contributed by atoms with Crippen LogP contribution in [-0.2, 0) is 11.3 Å². The zero-order valence-corrected chi connectivity index (χ0v) is 11.7. The predicted molar refractivity (Wildman–Crippen MR) is 75.4 cm³/mol. The second-order valence-corrected chi connectivity index (χ2v) is 5.43. The minimum absolute atomic E-state index is 0.374. The van der Waals surface area contributed by atoms with Gasteiger partial charge in [0.05, 0.1) is 32.2 Å². The fourth-order valence-electron chi connectivity index (χ4n) is 2.56. The smallest absolute Gasteiger partial charge is 0.171 e. The van der Waals surface area contributed by atoms with E-state index in [-0.39, 0.29) is 0 Å². The fourth-order valence-corrected chi connectivity index (χ4v) is 2.74. The SMILES string of the molecule is S=C1NCN(C[C@@H]2CCCO2)CN1Cc1ccco1. The molecule has 0 bridgehead atoms. The van der Waals surface area contributed by atoms with Crippen LogP contribution < -0.4 is 5.32 Å². The first-order valence-electron chi connectivity index (χ1n) is 6.70. The van der Waals surface area contributed by atoms with E-state index in [1.807, 2.05) is 12.1 Å². The quantitative estimate of drug-likeness (QED) is 0.841. The van der Waals surface area contributed by atoms with E-state index < -0.39 is 0 Å². The first-order valence-corrected chi connectivity index (χ1v) is 7.11. The Morgan fingerprint density at radius 1 is 1.47 bits per heavy atom. The molecule has 0 unspecified atom stereocenters. The summed E-state index contributed by atoms with van der Waals surface area (Å²) in [4.78, 5) is 4.45. The Kier molecular flexibility index (Phi) is 4.00. The van der Waals surface area contributed by atoms with Crippen LogP contribution in [0.5, 0.6) is 0 Å². The van der Waals surface area contributed by atoms with Crippen LogP contribution in [0.4, 0.5) is 0 Å². The summed E-state index contributed by atoms with van der Waals surface area (Å²) >= 11 is 5.35. The molecule has 6 heteroatoms. The molecule has 3 rings (SSSR count). The molecular formula is C13H19N3O2S.